The summed E-state index contributed by atoms with van der Waals surface area (Å²) in [4.78, 5) is 12.3. The molecule has 0 aromatic rings. The summed E-state index contributed by atoms with van der Waals surface area (Å²) in [6.45, 7) is 0.758. The highest BCUT2D eigenvalue weighted by molar-refractivity contribution is 5.76. The Kier molecular flexibility index (Phi) is 4.32. The molecule has 2 N–H and O–H groups in total. The number of hydrogen-bond acceptors (Lipinski definition) is 4. The molecule has 4 saturated carbocycles. The fourth-order valence-electron chi connectivity index (χ4n) is 8.01. The van der Waals surface area contributed by atoms with Crippen LogP contribution in [0.4, 0.5) is 0 Å². The third-order valence-electron chi connectivity index (χ3n) is 8.84. The summed E-state index contributed by atoms with van der Waals surface area (Å²) in [6.07, 6.45) is 12.8. The van der Waals surface area contributed by atoms with Gasteiger partial charge in [0.25, 0.3) is 0 Å². The second-order valence-electron chi connectivity index (χ2n) is 9.54. The average Bonchev–Trinajstić information content (AvgIpc) is 3.05. The molecule has 5 rings (SSSR count). The van der Waals surface area contributed by atoms with Crippen LogP contribution in [-0.4, -0.2) is 31.8 Å². The summed E-state index contributed by atoms with van der Waals surface area (Å²) in [5.74, 6) is 6.01. The van der Waals surface area contributed by atoms with E-state index in [0.29, 0.717) is 12.0 Å². The summed E-state index contributed by atoms with van der Waals surface area (Å²) in [7, 11) is 1.53. The van der Waals surface area contributed by atoms with E-state index < -0.39 is 0 Å². The van der Waals surface area contributed by atoms with Gasteiger partial charge in [-0.1, -0.05) is 19.3 Å². The highest BCUT2D eigenvalue weighted by atomic mass is 16.5. The van der Waals surface area contributed by atoms with Crippen LogP contribution in [0.25, 0.3) is 0 Å². The Bertz CT molecular complexity index is 524. The quantitative estimate of drug-likeness (QED) is 0.717. The van der Waals surface area contributed by atoms with E-state index in [1.807, 2.05) is 0 Å². The molecule has 0 bridgehead atoms. The molecule has 0 radical (unpaired) electrons. The van der Waals surface area contributed by atoms with E-state index in [4.69, 9.17) is 4.74 Å². The highest BCUT2D eigenvalue weighted by Crippen LogP contribution is 2.60. The van der Waals surface area contributed by atoms with Gasteiger partial charge in [0.15, 0.2) is 0 Å². The molecule has 1 aliphatic heterocycles. The van der Waals surface area contributed by atoms with Crippen molar-refractivity contribution in [1.29, 1.82) is 0 Å². The van der Waals surface area contributed by atoms with E-state index in [2.05, 4.69) is 10.6 Å². The third kappa shape index (κ3) is 2.58. The van der Waals surface area contributed by atoms with Crippen LogP contribution in [0.5, 0.6) is 0 Å². The lowest BCUT2D eigenvalue weighted by molar-refractivity contribution is -0.148. The van der Waals surface area contributed by atoms with Gasteiger partial charge in [-0.05, 0) is 74.0 Å². The van der Waals surface area contributed by atoms with Gasteiger partial charge in [0, 0.05) is 18.6 Å². The molecule has 4 aliphatic carbocycles. The molecule has 0 aromatic heterocycles. The average molecular weight is 347 g/mol. The van der Waals surface area contributed by atoms with Gasteiger partial charge in [0.1, 0.15) is 6.04 Å². The largest absolute Gasteiger partial charge is 0.468 e. The molecule has 5 fully saturated rings. The monoisotopic (exact) mass is 346 g/mol. The molecule has 140 valence electrons. The topological polar surface area (TPSA) is 50.4 Å². The second kappa shape index (κ2) is 6.53. The van der Waals surface area contributed by atoms with Crippen LogP contribution in [0.2, 0.25) is 0 Å². The Labute approximate surface area is 151 Å². The maximum Gasteiger partial charge on any atom is 0.323 e. The number of carbonyl (C=O) groups is 1. The van der Waals surface area contributed by atoms with E-state index in [9.17, 15) is 4.79 Å². The lowest BCUT2D eigenvalue weighted by Crippen LogP contribution is -2.66. The first-order valence-electron chi connectivity index (χ1n) is 10.8. The maximum absolute atomic E-state index is 12.3. The van der Waals surface area contributed by atoms with E-state index in [1.54, 1.807) is 0 Å². The molecule has 5 aliphatic rings. The van der Waals surface area contributed by atoms with Crippen LogP contribution >= 0.6 is 0 Å². The summed E-state index contributed by atoms with van der Waals surface area (Å²) in [5, 5.41) is 7.19. The first-order valence-corrected chi connectivity index (χ1v) is 10.8. The summed E-state index contributed by atoms with van der Waals surface area (Å²) >= 11 is 0. The standard InChI is InChI=1S/C21H34N2O2/c1-25-21(24)20-16-9-7-12-6-8-15-14-5-3-2-4-13(14)10-17(15)18(12)19(16)22-11-23-20/h12-20,22-23H,2-11H2,1H3. The minimum atomic E-state index is -0.0961. The summed E-state index contributed by atoms with van der Waals surface area (Å²) < 4.78 is 5.11. The SMILES string of the molecule is COC(=O)C1NCNC2C1CCC1CCC3C4CCCCC4CC3C12. The van der Waals surface area contributed by atoms with Crippen molar-refractivity contribution in [2.24, 2.45) is 41.4 Å². The van der Waals surface area contributed by atoms with Crippen LogP contribution in [0.3, 0.4) is 0 Å². The van der Waals surface area contributed by atoms with Crippen molar-refractivity contribution < 1.29 is 9.53 Å². The number of carbonyl (C=O) groups excluding carboxylic acids is 1. The Morgan fingerprint density at radius 1 is 0.840 bits per heavy atom. The van der Waals surface area contributed by atoms with Crippen molar-refractivity contribution in [1.82, 2.24) is 10.6 Å². The molecule has 0 aromatic carbocycles. The number of rotatable bonds is 1. The zero-order valence-corrected chi connectivity index (χ0v) is 15.6. The maximum atomic E-state index is 12.3. The highest BCUT2D eigenvalue weighted by Gasteiger charge is 2.56. The third-order valence-corrected chi connectivity index (χ3v) is 8.84. The Morgan fingerprint density at radius 2 is 1.64 bits per heavy atom. The Balaban J connectivity index is 1.41. The van der Waals surface area contributed by atoms with E-state index in [0.717, 1.165) is 42.2 Å². The van der Waals surface area contributed by atoms with Gasteiger partial charge in [-0.3, -0.25) is 10.1 Å². The molecule has 9 unspecified atom stereocenters. The molecule has 9 atom stereocenters. The molecule has 0 spiro atoms. The number of nitrogens with one attached hydrogen (secondary N) is 2. The summed E-state index contributed by atoms with van der Waals surface area (Å²) in [5.41, 5.74) is 0. The van der Waals surface area contributed by atoms with Crippen molar-refractivity contribution in [3.8, 4) is 0 Å². The number of fused-ring (bicyclic) bond motifs is 7. The van der Waals surface area contributed by atoms with Crippen molar-refractivity contribution in [2.45, 2.75) is 69.9 Å². The fourth-order valence-corrected chi connectivity index (χ4v) is 8.01. The molecule has 1 heterocycles. The Morgan fingerprint density at radius 3 is 2.48 bits per heavy atom. The normalized spacial score (nSPS) is 51.6. The minimum Gasteiger partial charge on any atom is -0.468 e. The fraction of sp³-hybridized carbons (Fsp3) is 0.952. The molecular formula is C21H34N2O2. The summed E-state index contributed by atoms with van der Waals surface area (Å²) in [6, 6.07) is 0.429. The Hall–Kier alpha value is -0.610. The van der Waals surface area contributed by atoms with Crippen molar-refractivity contribution in [3.05, 3.63) is 0 Å². The van der Waals surface area contributed by atoms with E-state index in [-0.39, 0.29) is 12.0 Å². The zero-order chi connectivity index (χ0) is 17.0. The van der Waals surface area contributed by atoms with Gasteiger partial charge in [0.05, 0.1) is 7.11 Å². The first kappa shape index (κ1) is 16.6. The molecular weight excluding hydrogens is 312 g/mol. The van der Waals surface area contributed by atoms with Gasteiger partial charge in [-0.25, -0.2) is 0 Å². The van der Waals surface area contributed by atoms with Gasteiger partial charge in [-0.15, -0.1) is 0 Å². The number of esters is 1. The smallest absolute Gasteiger partial charge is 0.323 e. The molecule has 25 heavy (non-hydrogen) atoms. The van der Waals surface area contributed by atoms with Crippen LogP contribution in [0, 0.1) is 41.4 Å². The van der Waals surface area contributed by atoms with Crippen LogP contribution in [0.15, 0.2) is 0 Å². The first-order chi connectivity index (χ1) is 12.3. The van der Waals surface area contributed by atoms with Crippen molar-refractivity contribution in [2.75, 3.05) is 13.8 Å². The molecule has 4 nitrogen and oxygen atoms in total. The molecule has 0 amide bonds. The van der Waals surface area contributed by atoms with Crippen molar-refractivity contribution >= 4 is 5.97 Å². The van der Waals surface area contributed by atoms with Gasteiger partial charge in [0.2, 0.25) is 0 Å². The lowest BCUT2D eigenvalue weighted by Gasteiger charge is -2.54. The van der Waals surface area contributed by atoms with Crippen LogP contribution < -0.4 is 10.6 Å². The van der Waals surface area contributed by atoms with E-state index >= 15 is 0 Å². The minimum absolute atomic E-state index is 0.0533. The molecule has 4 heteroatoms. The van der Waals surface area contributed by atoms with Crippen LogP contribution in [0.1, 0.15) is 57.8 Å². The number of ether oxygens (including phenoxy) is 1. The zero-order valence-electron chi connectivity index (χ0n) is 15.6. The predicted molar refractivity (Wildman–Crippen MR) is 96.7 cm³/mol. The van der Waals surface area contributed by atoms with Gasteiger partial charge in [-0.2, -0.15) is 0 Å². The van der Waals surface area contributed by atoms with Crippen LogP contribution in [-0.2, 0) is 9.53 Å². The van der Waals surface area contributed by atoms with Gasteiger partial charge >= 0.3 is 5.97 Å². The molecule has 1 saturated heterocycles. The lowest BCUT2D eigenvalue weighted by atomic mass is 9.56. The van der Waals surface area contributed by atoms with Crippen molar-refractivity contribution in [3.63, 3.8) is 0 Å². The number of hydrogen-bond donors (Lipinski definition) is 2. The second-order valence-corrected chi connectivity index (χ2v) is 9.54. The van der Waals surface area contributed by atoms with Gasteiger partial charge < -0.3 is 10.1 Å². The predicted octanol–water partition coefficient (Wildman–Crippen LogP) is 2.93. The van der Waals surface area contributed by atoms with E-state index in [1.165, 1.54) is 64.9 Å². The number of methoxy groups -OCH3 is 1.